The predicted octanol–water partition coefficient (Wildman–Crippen LogP) is 3.30. The van der Waals surface area contributed by atoms with Crippen molar-refractivity contribution in [3.8, 4) is 11.3 Å². The van der Waals surface area contributed by atoms with E-state index < -0.39 is 10.0 Å². The van der Waals surface area contributed by atoms with Gasteiger partial charge in [0, 0.05) is 23.3 Å². The largest absolute Gasteiger partial charge is 0.264 e. The summed E-state index contributed by atoms with van der Waals surface area (Å²) in [6.07, 6.45) is 3.44. The molecule has 0 saturated carbocycles. The van der Waals surface area contributed by atoms with Crippen LogP contribution in [0, 0.1) is 13.8 Å². The van der Waals surface area contributed by atoms with Gasteiger partial charge < -0.3 is 0 Å². The molecule has 0 atom stereocenters. The molecule has 24 heavy (non-hydrogen) atoms. The third-order valence-corrected chi connectivity index (χ3v) is 5.96. The number of hydrogen-bond acceptors (Lipinski definition) is 5. The number of nitrogens with one attached hydrogen (secondary N) is 1. The fourth-order valence-corrected chi connectivity index (χ4v) is 4.07. The van der Waals surface area contributed by atoms with Crippen molar-refractivity contribution in [1.82, 2.24) is 14.7 Å². The van der Waals surface area contributed by atoms with Crippen molar-refractivity contribution in [2.45, 2.75) is 25.3 Å². The molecule has 5 nitrogen and oxygen atoms in total. The summed E-state index contributed by atoms with van der Waals surface area (Å²) in [4.78, 5) is 8.80. The van der Waals surface area contributed by atoms with E-state index in [9.17, 15) is 8.42 Å². The van der Waals surface area contributed by atoms with Gasteiger partial charge in [0.2, 0.25) is 10.0 Å². The number of aromatic nitrogens is 2. The molecule has 0 aliphatic carbocycles. The van der Waals surface area contributed by atoms with Crippen LogP contribution in [-0.2, 0) is 16.6 Å². The molecule has 7 heteroatoms. The Hall–Kier alpha value is -2.09. The molecule has 2 aromatic heterocycles. The summed E-state index contributed by atoms with van der Waals surface area (Å²) >= 11 is 1.42. The van der Waals surface area contributed by atoms with Crippen molar-refractivity contribution in [3.63, 3.8) is 0 Å². The Morgan fingerprint density at radius 2 is 2.00 bits per heavy atom. The van der Waals surface area contributed by atoms with Gasteiger partial charge in [-0.1, -0.05) is 6.07 Å². The number of aryl methyl sites for hydroxylation is 2. The van der Waals surface area contributed by atoms with Gasteiger partial charge >= 0.3 is 0 Å². The Balaban J connectivity index is 1.73. The number of rotatable bonds is 5. The van der Waals surface area contributed by atoms with E-state index in [2.05, 4.69) is 14.7 Å². The topological polar surface area (TPSA) is 72.0 Å². The minimum absolute atomic E-state index is 0.167. The van der Waals surface area contributed by atoms with Gasteiger partial charge in [0.1, 0.15) is 5.01 Å². The summed E-state index contributed by atoms with van der Waals surface area (Å²) < 4.78 is 27.4. The molecule has 124 valence electrons. The van der Waals surface area contributed by atoms with Crippen LogP contribution >= 0.6 is 11.3 Å². The first-order chi connectivity index (χ1) is 11.5. The third kappa shape index (κ3) is 3.69. The predicted molar refractivity (Wildman–Crippen MR) is 95.3 cm³/mol. The lowest BCUT2D eigenvalue weighted by Crippen LogP contribution is -2.23. The zero-order chi connectivity index (χ0) is 17.2. The minimum atomic E-state index is -3.55. The van der Waals surface area contributed by atoms with E-state index in [0.29, 0.717) is 5.01 Å². The maximum absolute atomic E-state index is 12.4. The lowest BCUT2D eigenvalue weighted by atomic mass is 10.1. The number of pyridine rings is 1. The highest BCUT2D eigenvalue weighted by molar-refractivity contribution is 7.89. The summed E-state index contributed by atoms with van der Waals surface area (Å²) in [6.45, 7) is 4.02. The Labute approximate surface area is 145 Å². The molecule has 0 unspecified atom stereocenters. The second-order valence-corrected chi connectivity index (χ2v) is 8.15. The highest BCUT2D eigenvalue weighted by atomic mass is 32.2. The molecular weight excluding hydrogens is 342 g/mol. The van der Waals surface area contributed by atoms with Crippen molar-refractivity contribution < 1.29 is 8.42 Å². The summed E-state index contributed by atoms with van der Waals surface area (Å²) in [5.41, 5.74) is 3.73. The monoisotopic (exact) mass is 359 g/mol. The third-order valence-electron chi connectivity index (χ3n) is 3.71. The fourth-order valence-electron chi connectivity index (χ4n) is 2.16. The number of thiazole rings is 1. The molecule has 1 N–H and O–H groups in total. The van der Waals surface area contributed by atoms with Crippen LogP contribution in [0.3, 0.4) is 0 Å². The highest BCUT2D eigenvalue weighted by Crippen LogP contribution is 2.21. The van der Waals surface area contributed by atoms with Gasteiger partial charge in [-0.25, -0.2) is 18.1 Å². The van der Waals surface area contributed by atoms with Crippen LogP contribution in [0.15, 0.2) is 53.0 Å². The van der Waals surface area contributed by atoms with Gasteiger partial charge in [-0.15, -0.1) is 11.3 Å². The van der Waals surface area contributed by atoms with E-state index in [-0.39, 0.29) is 11.4 Å². The quantitative estimate of drug-likeness (QED) is 0.759. The Bertz CT molecular complexity index is 951. The van der Waals surface area contributed by atoms with E-state index in [4.69, 9.17) is 0 Å². The molecule has 0 bridgehead atoms. The number of benzene rings is 1. The number of sulfonamides is 1. The molecule has 0 aliphatic rings. The van der Waals surface area contributed by atoms with Crippen LogP contribution in [-0.4, -0.2) is 18.4 Å². The molecule has 3 aromatic rings. The molecule has 0 fully saturated rings. The Morgan fingerprint density at radius 3 is 2.71 bits per heavy atom. The lowest BCUT2D eigenvalue weighted by Gasteiger charge is -2.07. The average molecular weight is 359 g/mol. The van der Waals surface area contributed by atoms with Crippen LogP contribution in [0.2, 0.25) is 0 Å². The van der Waals surface area contributed by atoms with Crippen LogP contribution in [0.25, 0.3) is 11.3 Å². The highest BCUT2D eigenvalue weighted by Gasteiger charge is 2.15. The van der Waals surface area contributed by atoms with Gasteiger partial charge in [-0.05, 0) is 49.2 Å². The van der Waals surface area contributed by atoms with Crippen LogP contribution in [0.4, 0.5) is 0 Å². The maximum Gasteiger partial charge on any atom is 0.240 e. The number of hydrogen-bond donors (Lipinski definition) is 1. The van der Waals surface area contributed by atoms with Gasteiger partial charge in [0.15, 0.2) is 0 Å². The summed E-state index contributed by atoms with van der Waals surface area (Å²) in [5.74, 6) is 0. The van der Waals surface area contributed by atoms with Gasteiger partial charge in [0.25, 0.3) is 0 Å². The molecule has 0 radical (unpaired) electrons. The van der Waals surface area contributed by atoms with E-state index >= 15 is 0 Å². The first kappa shape index (κ1) is 16.8. The van der Waals surface area contributed by atoms with Crippen molar-refractivity contribution in [2.75, 3.05) is 0 Å². The average Bonchev–Trinajstić information content (AvgIpc) is 3.05. The van der Waals surface area contributed by atoms with E-state index in [0.717, 1.165) is 22.4 Å². The molecule has 0 amide bonds. The summed E-state index contributed by atoms with van der Waals surface area (Å²) in [6, 6.07) is 8.88. The maximum atomic E-state index is 12.4. The lowest BCUT2D eigenvalue weighted by molar-refractivity contribution is 0.581. The van der Waals surface area contributed by atoms with Crippen molar-refractivity contribution >= 4 is 21.4 Å². The van der Waals surface area contributed by atoms with E-state index in [1.807, 2.05) is 37.4 Å². The normalized spacial score (nSPS) is 11.6. The molecule has 0 saturated heterocycles. The SMILES string of the molecule is Cc1ccc(S(=O)(=O)NCc2nc(-c3cccnc3)cs2)cc1C. The van der Waals surface area contributed by atoms with Gasteiger partial charge in [-0.2, -0.15) is 0 Å². The first-order valence-electron chi connectivity index (χ1n) is 7.37. The minimum Gasteiger partial charge on any atom is -0.264 e. The van der Waals surface area contributed by atoms with Gasteiger partial charge in [0.05, 0.1) is 17.1 Å². The molecule has 1 aromatic carbocycles. The summed E-state index contributed by atoms with van der Waals surface area (Å²) in [7, 11) is -3.55. The standard InChI is InChI=1S/C17H17N3O2S2/c1-12-5-6-15(8-13(12)2)24(21,22)19-10-17-20-16(11-23-17)14-4-3-7-18-9-14/h3-9,11,19H,10H2,1-2H3. The van der Waals surface area contributed by atoms with Gasteiger partial charge in [-0.3, -0.25) is 4.98 Å². The molecule has 3 rings (SSSR count). The van der Waals surface area contributed by atoms with E-state index in [1.54, 1.807) is 24.5 Å². The Kier molecular flexibility index (Phi) is 4.75. The van der Waals surface area contributed by atoms with E-state index in [1.165, 1.54) is 11.3 Å². The second kappa shape index (κ2) is 6.80. The number of nitrogens with zero attached hydrogens (tertiary/aromatic N) is 2. The summed E-state index contributed by atoms with van der Waals surface area (Å²) in [5, 5.41) is 2.61. The molecule has 2 heterocycles. The zero-order valence-corrected chi connectivity index (χ0v) is 15.0. The van der Waals surface area contributed by atoms with Crippen LogP contribution in [0.1, 0.15) is 16.1 Å². The zero-order valence-electron chi connectivity index (χ0n) is 13.4. The molecular formula is C17H17N3O2S2. The smallest absolute Gasteiger partial charge is 0.240 e. The second-order valence-electron chi connectivity index (χ2n) is 5.44. The van der Waals surface area contributed by atoms with Crippen molar-refractivity contribution in [1.29, 1.82) is 0 Å². The van der Waals surface area contributed by atoms with Crippen LogP contribution in [0.5, 0.6) is 0 Å². The van der Waals surface area contributed by atoms with Crippen LogP contribution < -0.4 is 4.72 Å². The molecule has 0 spiro atoms. The molecule has 0 aliphatic heterocycles. The van der Waals surface area contributed by atoms with Crippen molar-refractivity contribution in [3.05, 3.63) is 64.2 Å². The van der Waals surface area contributed by atoms with Crippen molar-refractivity contribution in [2.24, 2.45) is 0 Å². The fraction of sp³-hybridized carbons (Fsp3) is 0.176. The first-order valence-corrected chi connectivity index (χ1v) is 9.74. The Morgan fingerprint density at radius 1 is 1.17 bits per heavy atom.